The molecule has 5 aromatic rings. The topological polar surface area (TPSA) is 122 Å². The molecule has 1 aromatic carbocycles. The van der Waals surface area contributed by atoms with Crippen molar-refractivity contribution < 1.29 is 8.42 Å². The van der Waals surface area contributed by atoms with Gasteiger partial charge in [0, 0.05) is 30.2 Å². The Balaban J connectivity index is 1.54. The molecule has 0 spiro atoms. The number of nitrogens with zero attached hydrogens (tertiary/aromatic N) is 6. The number of aromatic nitrogens is 6. The number of pyridine rings is 1. The van der Waals surface area contributed by atoms with E-state index in [0.717, 1.165) is 48.1 Å². The van der Waals surface area contributed by atoms with Crippen LogP contribution in [0.1, 0.15) is 38.1 Å². The molecular weight excluding hydrogens is 462 g/mol. The van der Waals surface area contributed by atoms with Gasteiger partial charge in [0.15, 0.2) is 11.5 Å². The van der Waals surface area contributed by atoms with E-state index in [0.29, 0.717) is 23.5 Å². The van der Waals surface area contributed by atoms with E-state index in [1.165, 1.54) is 3.97 Å². The SMILES string of the molecule is N#CCC1CCC(n2c(-c3ccn[nH]3)nc3cnc4c(ccn4S(=O)(=O)c4ccccc4)c32)CC1. The van der Waals surface area contributed by atoms with Gasteiger partial charge in [-0.1, -0.05) is 18.2 Å². The van der Waals surface area contributed by atoms with Crippen LogP contribution in [0.2, 0.25) is 0 Å². The highest BCUT2D eigenvalue weighted by Gasteiger charge is 2.29. The van der Waals surface area contributed by atoms with E-state index in [4.69, 9.17) is 10.2 Å². The molecule has 1 saturated carbocycles. The number of imidazole rings is 1. The molecule has 0 aliphatic heterocycles. The fraction of sp³-hybridized carbons (Fsp3) is 0.280. The first-order chi connectivity index (χ1) is 17.1. The molecule has 35 heavy (non-hydrogen) atoms. The lowest BCUT2D eigenvalue weighted by Gasteiger charge is -2.29. The smallest absolute Gasteiger partial charge is 0.269 e. The standard InChI is InChI=1S/C25H23N7O2S/c26-13-10-17-6-8-18(9-7-17)32-23-20-12-15-31(35(33,34)19-4-2-1-3-5-19)24(20)27-16-22(23)29-25(32)21-11-14-28-30-21/h1-5,11-12,14-18H,6-10H2,(H,28,30). The summed E-state index contributed by atoms with van der Waals surface area (Å²) in [4.78, 5) is 9.62. The average Bonchev–Trinajstić information content (AvgIpc) is 3.63. The van der Waals surface area contributed by atoms with Gasteiger partial charge in [-0.2, -0.15) is 10.4 Å². The molecule has 0 bridgehead atoms. The molecule has 4 heterocycles. The number of rotatable bonds is 5. The minimum Gasteiger partial charge on any atom is -0.319 e. The number of H-pyrrole nitrogens is 1. The van der Waals surface area contributed by atoms with Gasteiger partial charge >= 0.3 is 0 Å². The molecule has 6 rings (SSSR count). The van der Waals surface area contributed by atoms with Crippen LogP contribution in [0, 0.1) is 17.2 Å². The quantitative estimate of drug-likeness (QED) is 0.386. The van der Waals surface area contributed by atoms with Crippen LogP contribution >= 0.6 is 0 Å². The lowest BCUT2D eigenvalue weighted by atomic mass is 9.84. The highest BCUT2D eigenvalue weighted by Crippen LogP contribution is 2.40. The molecule has 9 nitrogen and oxygen atoms in total. The van der Waals surface area contributed by atoms with E-state index in [1.807, 2.05) is 6.07 Å². The third-order valence-corrected chi connectivity index (χ3v) is 8.61. The summed E-state index contributed by atoms with van der Waals surface area (Å²) in [6.07, 6.45) is 9.27. The monoisotopic (exact) mass is 485 g/mol. The van der Waals surface area contributed by atoms with E-state index in [1.54, 1.807) is 55.0 Å². The predicted molar refractivity (Wildman–Crippen MR) is 131 cm³/mol. The molecule has 4 aromatic heterocycles. The van der Waals surface area contributed by atoms with Gasteiger partial charge in [0.05, 0.1) is 22.7 Å². The Bertz CT molecular complexity index is 1650. The highest BCUT2D eigenvalue weighted by molar-refractivity contribution is 7.90. The second-order valence-electron chi connectivity index (χ2n) is 8.97. The van der Waals surface area contributed by atoms with Crippen molar-refractivity contribution >= 4 is 32.1 Å². The lowest BCUT2D eigenvalue weighted by Crippen LogP contribution is -2.19. The number of aromatic amines is 1. The van der Waals surface area contributed by atoms with Crippen molar-refractivity contribution in [2.75, 3.05) is 0 Å². The van der Waals surface area contributed by atoms with Crippen molar-refractivity contribution in [3.63, 3.8) is 0 Å². The number of hydrogen-bond donors (Lipinski definition) is 1. The third kappa shape index (κ3) is 3.51. The summed E-state index contributed by atoms with van der Waals surface area (Å²) in [5.41, 5.74) is 2.74. The number of nitrogens with one attached hydrogen (secondary N) is 1. The Morgan fingerprint density at radius 1 is 1.09 bits per heavy atom. The molecule has 1 fully saturated rings. The predicted octanol–water partition coefficient (Wildman–Crippen LogP) is 4.66. The van der Waals surface area contributed by atoms with Crippen LogP contribution in [-0.4, -0.2) is 37.1 Å². The maximum absolute atomic E-state index is 13.4. The van der Waals surface area contributed by atoms with Crippen LogP contribution in [0.4, 0.5) is 0 Å². The largest absolute Gasteiger partial charge is 0.319 e. The fourth-order valence-corrected chi connectivity index (χ4v) is 6.53. The van der Waals surface area contributed by atoms with Gasteiger partial charge in [0.1, 0.15) is 11.2 Å². The van der Waals surface area contributed by atoms with Crippen LogP contribution in [0.25, 0.3) is 33.6 Å². The average molecular weight is 486 g/mol. The maximum atomic E-state index is 13.4. The van der Waals surface area contributed by atoms with Gasteiger partial charge in [0.2, 0.25) is 0 Å². The van der Waals surface area contributed by atoms with Crippen molar-refractivity contribution in [1.82, 2.24) is 28.7 Å². The van der Waals surface area contributed by atoms with E-state index >= 15 is 0 Å². The van der Waals surface area contributed by atoms with Gasteiger partial charge in [-0.25, -0.2) is 22.4 Å². The van der Waals surface area contributed by atoms with Crippen molar-refractivity contribution in [3.05, 3.63) is 61.1 Å². The lowest BCUT2D eigenvalue weighted by molar-refractivity contribution is 0.283. The zero-order valence-corrected chi connectivity index (χ0v) is 19.7. The molecule has 0 saturated heterocycles. The van der Waals surface area contributed by atoms with E-state index in [9.17, 15) is 8.42 Å². The number of fused-ring (bicyclic) bond motifs is 3. The molecule has 1 N–H and O–H groups in total. The number of nitriles is 1. The Kier molecular flexibility index (Phi) is 5.15. The zero-order chi connectivity index (χ0) is 24.0. The van der Waals surface area contributed by atoms with Crippen molar-refractivity contribution in [2.45, 2.75) is 43.0 Å². The molecule has 1 aliphatic rings. The fourth-order valence-electron chi connectivity index (χ4n) is 5.21. The minimum absolute atomic E-state index is 0.174. The summed E-state index contributed by atoms with van der Waals surface area (Å²) in [7, 11) is -3.80. The van der Waals surface area contributed by atoms with Crippen LogP contribution in [0.3, 0.4) is 0 Å². The van der Waals surface area contributed by atoms with Gasteiger partial charge in [-0.15, -0.1) is 0 Å². The summed E-state index contributed by atoms with van der Waals surface area (Å²) in [6, 6.07) is 14.5. The molecule has 0 atom stereocenters. The second-order valence-corrected chi connectivity index (χ2v) is 10.8. The summed E-state index contributed by atoms with van der Waals surface area (Å²) >= 11 is 0. The first kappa shape index (κ1) is 21.6. The van der Waals surface area contributed by atoms with Gasteiger partial charge in [-0.3, -0.25) is 5.10 Å². The summed E-state index contributed by atoms with van der Waals surface area (Å²) < 4.78 is 30.2. The Labute approximate surface area is 202 Å². The van der Waals surface area contributed by atoms with Gasteiger partial charge < -0.3 is 4.57 Å². The van der Waals surface area contributed by atoms with Crippen LogP contribution < -0.4 is 0 Å². The van der Waals surface area contributed by atoms with E-state index in [-0.39, 0.29) is 10.9 Å². The minimum atomic E-state index is -3.80. The summed E-state index contributed by atoms with van der Waals surface area (Å²) in [5.74, 6) is 1.18. The van der Waals surface area contributed by atoms with E-state index in [2.05, 4.69) is 25.8 Å². The Morgan fingerprint density at radius 3 is 2.60 bits per heavy atom. The zero-order valence-electron chi connectivity index (χ0n) is 18.9. The molecule has 1 aliphatic carbocycles. The molecule has 0 amide bonds. The van der Waals surface area contributed by atoms with Crippen LogP contribution in [0.5, 0.6) is 0 Å². The second kappa shape index (κ2) is 8.36. The normalized spacial score (nSPS) is 18.7. The molecule has 176 valence electrons. The Morgan fingerprint density at radius 2 is 1.89 bits per heavy atom. The Hall–Kier alpha value is -3.97. The van der Waals surface area contributed by atoms with Gasteiger partial charge in [0.25, 0.3) is 10.0 Å². The number of benzene rings is 1. The maximum Gasteiger partial charge on any atom is 0.269 e. The number of hydrogen-bond acceptors (Lipinski definition) is 6. The molecule has 0 unspecified atom stereocenters. The summed E-state index contributed by atoms with van der Waals surface area (Å²) in [5, 5.41) is 17.0. The van der Waals surface area contributed by atoms with Crippen molar-refractivity contribution in [2.24, 2.45) is 5.92 Å². The highest BCUT2D eigenvalue weighted by atomic mass is 32.2. The molecule has 0 radical (unpaired) electrons. The first-order valence-corrected chi connectivity index (χ1v) is 13.1. The van der Waals surface area contributed by atoms with E-state index < -0.39 is 10.0 Å². The van der Waals surface area contributed by atoms with Gasteiger partial charge in [-0.05, 0) is 55.9 Å². The summed E-state index contributed by atoms with van der Waals surface area (Å²) in [6.45, 7) is 0. The van der Waals surface area contributed by atoms with Crippen LogP contribution in [-0.2, 0) is 10.0 Å². The molecular formula is C25H23N7O2S. The third-order valence-electron chi connectivity index (χ3n) is 6.93. The molecule has 10 heteroatoms. The first-order valence-electron chi connectivity index (χ1n) is 11.6. The van der Waals surface area contributed by atoms with Crippen molar-refractivity contribution in [1.29, 1.82) is 5.26 Å². The van der Waals surface area contributed by atoms with Crippen LogP contribution in [0.15, 0.2) is 66.0 Å². The van der Waals surface area contributed by atoms with Crippen molar-refractivity contribution in [3.8, 4) is 17.6 Å².